The van der Waals surface area contributed by atoms with Gasteiger partial charge in [-0.1, -0.05) is 6.07 Å². The minimum Gasteiger partial charge on any atom is -0.313 e. The third-order valence-electron chi connectivity index (χ3n) is 2.60. The normalized spacial score (nSPS) is 9.95. The molecule has 2 aromatic rings. The summed E-state index contributed by atoms with van der Waals surface area (Å²) in [4.78, 5) is 24.1. The highest BCUT2D eigenvalue weighted by Crippen LogP contribution is 2.24. The van der Waals surface area contributed by atoms with E-state index in [9.17, 15) is 14.0 Å². The Balaban J connectivity index is 2.14. The molecule has 1 aromatic heterocycles. The standard InChI is InChI=1S/C15H14FN3O2S/c1-9(2)18-19-14(21)12-6-7-22-15(12)17-13(20)10-4-3-5-11(16)8-10/h3-8H,1-2H3,(H,17,20)(H,19,21). The Morgan fingerprint density at radius 3 is 2.64 bits per heavy atom. The molecule has 0 unspecified atom stereocenters. The van der Waals surface area contributed by atoms with Crippen LogP contribution < -0.4 is 10.7 Å². The molecule has 7 heteroatoms. The Morgan fingerprint density at radius 1 is 1.18 bits per heavy atom. The van der Waals surface area contributed by atoms with Crippen LogP contribution in [0.25, 0.3) is 0 Å². The highest BCUT2D eigenvalue weighted by Gasteiger charge is 2.15. The Kier molecular flexibility index (Phi) is 5.00. The van der Waals surface area contributed by atoms with Crippen molar-refractivity contribution in [3.63, 3.8) is 0 Å². The van der Waals surface area contributed by atoms with E-state index in [0.29, 0.717) is 16.3 Å². The van der Waals surface area contributed by atoms with Gasteiger partial charge in [-0.25, -0.2) is 9.82 Å². The molecule has 2 N–H and O–H groups in total. The third kappa shape index (κ3) is 3.98. The SMILES string of the molecule is CC(C)=NNC(=O)c1ccsc1NC(=O)c1cccc(F)c1. The summed E-state index contributed by atoms with van der Waals surface area (Å²) in [6.07, 6.45) is 0. The van der Waals surface area contributed by atoms with Gasteiger partial charge in [-0.3, -0.25) is 9.59 Å². The number of thiophene rings is 1. The molecule has 114 valence electrons. The smallest absolute Gasteiger partial charge is 0.274 e. The number of rotatable bonds is 4. The van der Waals surface area contributed by atoms with Gasteiger partial charge in [-0.2, -0.15) is 5.10 Å². The van der Waals surface area contributed by atoms with E-state index in [2.05, 4.69) is 15.8 Å². The second-order valence-electron chi connectivity index (χ2n) is 4.63. The lowest BCUT2D eigenvalue weighted by Crippen LogP contribution is -2.20. The Labute approximate surface area is 130 Å². The van der Waals surface area contributed by atoms with Gasteiger partial charge in [-0.15, -0.1) is 11.3 Å². The van der Waals surface area contributed by atoms with Crippen LogP contribution in [0.2, 0.25) is 0 Å². The maximum Gasteiger partial charge on any atom is 0.274 e. The van der Waals surface area contributed by atoms with Crippen LogP contribution in [0.1, 0.15) is 34.6 Å². The van der Waals surface area contributed by atoms with Crippen LogP contribution >= 0.6 is 11.3 Å². The zero-order valence-electron chi connectivity index (χ0n) is 12.0. The van der Waals surface area contributed by atoms with Gasteiger partial charge in [0.2, 0.25) is 0 Å². The summed E-state index contributed by atoms with van der Waals surface area (Å²) in [5, 5.41) is 8.50. The number of carbonyl (C=O) groups is 2. The number of hydrogen-bond acceptors (Lipinski definition) is 4. The second-order valence-corrected chi connectivity index (χ2v) is 5.54. The highest BCUT2D eigenvalue weighted by molar-refractivity contribution is 7.14. The average Bonchev–Trinajstić information content (AvgIpc) is 2.93. The molecule has 0 spiro atoms. The minimum absolute atomic E-state index is 0.183. The van der Waals surface area contributed by atoms with Gasteiger partial charge in [0, 0.05) is 11.3 Å². The van der Waals surface area contributed by atoms with E-state index in [4.69, 9.17) is 0 Å². The topological polar surface area (TPSA) is 70.6 Å². The lowest BCUT2D eigenvalue weighted by molar-refractivity contribution is 0.0956. The first-order chi connectivity index (χ1) is 10.5. The number of nitrogens with one attached hydrogen (secondary N) is 2. The van der Waals surface area contributed by atoms with E-state index in [1.807, 2.05) is 0 Å². The van der Waals surface area contributed by atoms with Gasteiger partial charge in [-0.05, 0) is 43.5 Å². The number of carbonyl (C=O) groups excluding carboxylic acids is 2. The summed E-state index contributed by atoms with van der Waals surface area (Å²) in [7, 11) is 0. The molecule has 2 rings (SSSR count). The first-order valence-corrected chi connectivity index (χ1v) is 7.31. The predicted octanol–water partition coefficient (Wildman–Crippen LogP) is 3.27. The van der Waals surface area contributed by atoms with Crippen molar-refractivity contribution in [1.29, 1.82) is 0 Å². The number of amides is 2. The van der Waals surface area contributed by atoms with Crippen molar-refractivity contribution >= 4 is 33.9 Å². The number of anilines is 1. The van der Waals surface area contributed by atoms with E-state index in [-0.39, 0.29) is 5.56 Å². The quantitative estimate of drug-likeness (QED) is 0.671. The van der Waals surface area contributed by atoms with Crippen molar-refractivity contribution < 1.29 is 14.0 Å². The van der Waals surface area contributed by atoms with E-state index in [1.54, 1.807) is 25.3 Å². The molecule has 0 atom stereocenters. The predicted molar refractivity (Wildman–Crippen MR) is 84.9 cm³/mol. The van der Waals surface area contributed by atoms with Gasteiger partial charge in [0.25, 0.3) is 11.8 Å². The van der Waals surface area contributed by atoms with Crippen molar-refractivity contribution in [1.82, 2.24) is 5.43 Å². The summed E-state index contributed by atoms with van der Waals surface area (Å²) in [6.45, 7) is 3.50. The van der Waals surface area contributed by atoms with E-state index in [0.717, 1.165) is 6.07 Å². The Hall–Kier alpha value is -2.54. The zero-order valence-corrected chi connectivity index (χ0v) is 12.8. The van der Waals surface area contributed by atoms with Crippen molar-refractivity contribution in [2.24, 2.45) is 5.10 Å². The van der Waals surface area contributed by atoms with E-state index < -0.39 is 17.6 Å². The summed E-state index contributed by atoms with van der Waals surface area (Å²) < 4.78 is 13.1. The van der Waals surface area contributed by atoms with Crippen LogP contribution in [-0.4, -0.2) is 17.5 Å². The second kappa shape index (κ2) is 6.95. The van der Waals surface area contributed by atoms with Crippen molar-refractivity contribution in [3.05, 3.63) is 52.7 Å². The molecule has 0 fully saturated rings. The lowest BCUT2D eigenvalue weighted by Gasteiger charge is -2.06. The Morgan fingerprint density at radius 2 is 1.95 bits per heavy atom. The third-order valence-corrected chi connectivity index (χ3v) is 3.43. The van der Waals surface area contributed by atoms with Crippen LogP contribution in [0.5, 0.6) is 0 Å². The highest BCUT2D eigenvalue weighted by atomic mass is 32.1. The van der Waals surface area contributed by atoms with Gasteiger partial charge >= 0.3 is 0 Å². The van der Waals surface area contributed by atoms with E-state index >= 15 is 0 Å². The molecule has 0 aliphatic heterocycles. The molecule has 0 bridgehead atoms. The summed E-state index contributed by atoms with van der Waals surface area (Å²) in [5.41, 5.74) is 3.58. The molecule has 2 amide bonds. The van der Waals surface area contributed by atoms with Crippen LogP contribution in [0.15, 0.2) is 40.8 Å². The van der Waals surface area contributed by atoms with Gasteiger partial charge < -0.3 is 5.32 Å². The molecule has 0 saturated heterocycles. The van der Waals surface area contributed by atoms with Crippen LogP contribution in [0.3, 0.4) is 0 Å². The number of benzene rings is 1. The largest absolute Gasteiger partial charge is 0.313 e. The fraction of sp³-hybridized carbons (Fsp3) is 0.133. The summed E-state index contributed by atoms with van der Waals surface area (Å²) in [6, 6.07) is 6.92. The number of nitrogens with zero attached hydrogens (tertiary/aromatic N) is 1. The zero-order chi connectivity index (χ0) is 16.1. The van der Waals surface area contributed by atoms with Gasteiger partial charge in [0.15, 0.2) is 0 Å². The lowest BCUT2D eigenvalue weighted by atomic mass is 10.2. The molecule has 0 saturated carbocycles. The average molecular weight is 319 g/mol. The first-order valence-electron chi connectivity index (χ1n) is 6.43. The molecule has 0 aliphatic carbocycles. The minimum atomic E-state index is -0.496. The molecule has 0 radical (unpaired) electrons. The Bertz CT molecular complexity index is 736. The first kappa shape index (κ1) is 15.8. The van der Waals surface area contributed by atoms with Crippen molar-refractivity contribution in [2.45, 2.75) is 13.8 Å². The maximum atomic E-state index is 13.1. The molecule has 22 heavy (non-hydrogen) atoms. The van der Waals surface area contributed by atoms with E-state index in [1.165, 1.54) is 29.5 Å². The fourth-order valence-corrected chi connectivity index (χ4v) is 2.39. The number of hydrazone groups is 1. The molecule has 0 aliphatic rings. The summed E-state index contributed by atoms with van der Waals surface area (Å²) in [5.74, 6) is -1.40. The van der Waals surface area contributed by atoms with Crippen molar-refractivity contribution in [3.8, 4) is 0 Å². The van der Waals surface area contributed by atoms with Crippen LogP contribution in [-0.2, 0) is 0 Å². The monoisotopic (exact) mass is 319 g/mol. The van der Waals surface area contributed by atoms with Gasteiger partial charge in [0.1, 0.15) is 10.8 Å². The van der Waals surface area contributed by atoms with Crippen LogP contribution in [0.4, 0.5) is 9.39 Å². The number of halogens is 1. The molecule has 1 aromatic carbocycles. The van der Waals surface area contributed by atoms with Gasteiger partial charge in [0.05, 0.1) is 5.56 Å². The molecule has 5 nitrogen and oxygen atoms in total. The number of hydrogen-bond donors (Lipinski definition) is 2. The summed E-state index contributed by atoms with van der Waals surface area (Å²) >= 11 is 1.20. The molecular weight excluding hydrogens is 305 g/mol. The fourth-order valence-electron chi connectivity index (χ4n) is 1.61. The maximum absolute atomic E-state index is 13.1. The molecular formula is C15H14FN3O2S. The van der Waals surface area contributed by atoms with Crippen LogP contribution in [0, 0.1) is 5.82 Å². The molecule has 1 heterocycles. The van der Waals surface area contributed by atoms with Crippen molar-refractivity contribution in [2.75, 3.05) is 5.32 Å².